The van der Waals surface area contributed by atoms with Crippen LogP contribution in [0.4, 0.5) is 22.0 Å². The standard InChI is InChI=1S/C31H34N6O2S/c1-21-6-4-7-25(18-21)36-31(39)35-24-11-8-22(9-12-24)26-20-40-29-23(19-34-30(32)28(26)29)10-13-27(38)33-14-5-17-37-15-2-3-16-37/h4,6-13,18-20H,2-3,5,14-17H2,1H3,(H2,32,34)(H,33,38)(H2,35,36,39)/b13-10+. The van der Waals surface area contributed by atoms with Crippen molar-refractivity contribution in [2.24, 2.45) is 0 Å². The molecule has 40 heavy (non-hydrogen) atoms. The van der Waals surface area contributed by atoms with Gasteiger partial charge in [0.05, 0.1) is 0 Å². The number of nitrogen functional groups attached to an aromatic ring is 1. The second kappa shape index (κ2) is 12.8. The van der Waals surface area contributed by atoms with Crippen LogP contribution in [0.25, 0.3) is 27.3 Å². The van der Waals surface area contributed by atoms with Crippen molar-refractivity contribution >= 4 is 56.6 Å². The number of benzene rings is 2. The van der Waals surface area contributed by atoms with Gasteiger partial charge in [0.15, 0.2) is 0 Å². The van der Waals surface area contributed by atoms with E-state index in [9.17, 15) is 9.59 Å². The minimum absolute atomic E-state index is 0.113. The molecule has 5 rings (SSSR count). The Balaban J connectivity index is 1.22. The summed E-state index contributed by atoms with van der Waals surface area (Å²) in [5.74, 6) is 0.326. The van der Waals surface area contributed by atoms with Crippen LogP contribution in [-0.2, 0) is 4.79 Å². The van der Waals surface area contributed by atoms with Crippen molar-refractivity contribution in [1.82, 2.24) is 15.2 Å². The number of thiophene rings is 1. The predicted octanol–water partition coefficient (Wildman–Crippen LogP) is 6.11. The van der Waals surface area contributed by atoms with Gasteiger partial charge in [-0.25, -0.2) is 9.78 Å². The van der Waals surface area contributed by atoms with Crippen LogP contribution in [0.3, 0.4) is 0 Å². The maximum atomic E-state index is 12.4. The molecule has 1 aliphatic rings. The van der Waals surface area contributed by atoms with Crippen molar-refractivity contribution < 1.29 is 9.59 Å². The van der Waals surface area contributed by atoms with Gasteiger partial charge in [0, 0.05) is 51.4 Å². The number of rotatable bonds is 9. The van der Waals surface area contributed by atoms with Crippen LogP contribution >= 0.6 is 11.3 Å². The lowest BCUT2D eigenvalue weighted by Crippen LogP contribution is -2.27. The van der Waals surface area contributed by atoms with Gasteiger partial charge in [-0.05, 0) is 92.7 Å². The molecule has 3 heterocycles. The van der Waals surface area contributed by atoms with E-state index in [0.717, 1.165) is 51.0 Å². The number of carbonyl (C=O) groups is 2. The maximum absolute atomic E-state index is 12.4. The Hall–Kier alpha value is -4.21. The lowest BCUT2D eigenvalue weighted by molar-refractivity contribution is -0.116. The molecule has 2 aromatic carbocycles. The van der Waals surface area contributed by atoms with Crippen molar-refractivity contribution in [2.75, 3.05) is 42.5 Å². The summed E-state index contributed by atoms with van der Waals surface area (Å²) in [4.78, 5) is 31.6. The third-order valence-electron chi connectivity index (χ3n) is 6.95. The molecule has 1 aliphatic heterocycles. The number of carbonyl (C=O) groups excluding carboxylic acids is 2. The summed E-state index contributed by atoms with van der Waals surface area (Å²) in [6.07, 6.45) is 8.57. The van der Waals surface area contributed by atoms with Gasteiger partial charge in [-0.2, -0.15) is 0 Å². The fourth-order valence-corrected chi connectivity index (χ4v) is 5.99. The summed E-state index contributed by atoms with van der Waals surface area (Å²) in [7, 11) is 0. The quantitative estimate of drug-likeness (QED) is 0.147. The van der Waals surface area contributed by atoms with Crippen LogP contribution in [0.5, 0.6) is 0 Å². The summed E-state index contributed by atoms with van der Waals surface area (Å²) in [6, 6.07) is 14.9. The summed E-state index contributed by atoms with van der Waals surface area (Å²) >= 11 is 1.57. The maximum Gasteiger partial charge on any atom is 0.323 e. The predicted molar refractivity (Wildman–Crippen MR) is 166 cm³/mol. The van der Waals surface area contributed by atoms with Crippen LogP contribution in [0, 0.1) is 6.92 Å². The van der Waals surface area contributed by atoms with Gasteiger partial charge >= 0.3 is 6.03 Å². The van der Waals surface area contributed by atoms with E-state index in [2.05, 4.69) is 25.8 Å². The molecule has 1 saturated heterocycles. The van der Waals surface area contributed by atoms with E-state index in [1.54, 1.807) is 29.7 Å². The Labute approximate surface area is 238 Å². The van der Waals surface area contributed by atoms with Crippen LogP contribution in [0.1, 0.15) is 30.4 Å². The Kier molecular flexibility index (Phi) is 8.73. The smallest absolute Gasteiger partial charge is 0.323 e. The van der Waals surface area contributed by atoms with E-state index >= 15 is 0 Å². The first kappa shape index (κ1) is 27.4. The van der Waals surface area contributed by atoms with E-state index in [4.69, 9.17) is 5.73 Å². The number of nitrogens with zero attached hydrogens (tertiary/aromatic N) is 2. The zero-order chi connectivity index (χ0) is 27.9. The van der Waals surface area contributed by atoms with Gasteiger partial charge in [0.1, 0.15) is 5.82 Å². The number of aryl methyl sites for hydroxylation is 1. The van der Waals surface area contributed by atoms with Gasteiger partial charge < -0.3 is 26.6 Å². The highest BCUT2D eigenvalue weighted by molar-refractivity contribution is 7.18. The van der Waals surface area contributed by atoms with Crippen LogP contribution in [0.15, 0.2) is 66.2 Å². The first-order valence-electron chi connectivity index (χ1n) is 13.6. The molecule has 5 N–H and O–H groups in total. The molecule has 0 spiro atoms. The number of fused-ring (bicyclic) bond motifs is 1. The molecule has 8 nitrogen and oxygen atoms in total. The second-order valence-corrected chi connectivity index (χ2v) is 10.9. The van der Waals surface area contributed by atoms with Gasteiger partial charge in [-0.3, -0.25) is 4.79 Å². The van der Waals surface area contributed by atoms with Gasteiger partial charge in [0.2, 0.25) is 5.91 Å². The van der Waals surface area contributed by atoms with Crippen molar-refractivity contribution in [3.63, 3.8) is 0 Å². The summed E-state index contributed by atoms with van der Waals surface area (Å²) in [6.45, 7) is 6.01. The third kappa shape index (κ3) is 6.86. The zero-order valence-corrected chi connectivity index (χ0v) is 23.4. The molecule has 0 radical (unpaired) electrons. The lowest BCUT2D eigenvalue weighted by atomic mass is 10.0. The normalized spacial score (nSPS) is 13.6. The number of aromatic nitrogens is 1. The number of nitrogens with two attached hydrogens (primary N) is 1. The number of hydrogen-bond donors (Lipinski definition) is 4. The fourth-order valence-electron chi connectivity index (χ4n) is 4.91. The zero-order valence-electron chi connectivity index (χ0n) is 22.6. The molecule has 3 amide bonds. The van der Waals surface area contributed by atoms with Crippen LogP contribution in [-0.4, -0.2) is 48.0 Å². The number of amides is 3. The summed E-state index contributed by atoms with van der Waals surface area (Å²) < 4.78 is 0.973. The molecule has 0 bridgehead atoms. The molecule has 0 saturated carbocycles. The van der Waals surface area contributed by atoms with Gasteiger partial charge in [-0.15, -0.1) is 11.3 Å². The SMILES string of the molecule is Cc1cccc(NC(=O)Nc2ccc(-c3csc4c(/C=C/C(=O)NCCCN5CCCC5)cnc(N)c34)cc2)c1. The van der Waals surface area contributed by atoms with Crippen LogP contribution in [0.2, 0.25) is 0 Å². The highest BCUT2D eigenvalue weighted by atomic mass is 32.1. The van der Waals surface area contributed by atoms with Gasteiger partial charge in [0.25, 0.3) is 0 Å². The Morgan fingerprint density at radius 1 is 1.07 bits per heavy atom. The lowest BCUT2D eigenvalue weighted by Gasteiger charge is -2.13. The molecule has 2 aromatic heterocycles. The molecule has 9 heteroatoms. The third-order valence-corrected chi connectivity index (χ3v) is 7.97. The molecule has 0 aliphatic carbocycles. The number of hydrogen-bond acceptors (Lipinski definition) is 6. The molecular formula is C31H34N6O2S. The van der Waals surface area contributed by atoms with Gasteiger partial charge in [-0.1, -0.05) is 24.3 Å². The van der Waals surface area contributed by atoms with Crippen LogP contribution < -0.4 is 21.7 Å². The highest BCUT2D eigenvalue weighted by Gasteiger charge is 2.14. The topological polar surface area (TPSA) is 112 Å². The molecule has 1 fully saturated rings. The Morgan fingerprint density at radius 2 is 1.85 bits per heavy atom. The van der Waals surface area contributed by atoms with E-state index in [-0.39, 0.29) is 11.9 Å². The monoisotopic (exact) mass is 554 g/mol. The molecule has 206 valence electrons. The molecule has 0 atom stereocenters. The number of anilines is 3. The van der Waals surface area contributed by atoms with E-state index in [1.807, 2.05) is 60.8 Å². The first-order valence-corrected chi connectivity index (χ1v) is 14.4. The van der Waals surface area contributed by atoms with Crippen molar-refractivity contribution in [3.8, 4) is 11.1 Å². The van der Waals surface area contributed by atoms with E-state index in [0.29, 0.717) is 18.1 Å². The fraction of sp³-hybridized carbons (Fsp3) is 0.258. The van der Waals surface area contributed by atoms with E-state index < -0.39 is 0 Å². The summed E-state index contributed by atoms with van der Waals surface area (Å²) in [5, 5.41) is 11.6. The summed E-state index contributed by atoms with van der Waals surface area (Å²) in [5.41, 5.74) is 11.6. The Bertz CT molecular complexity index is 1520. The minimum atomic E-state index is -0.306. The second-order valence-electron chi connectivity index (χ2n) is 10.0. The first-order chi connectivity index (χ1) is 19.5. The molecular weight excluding hydrogens is 520 g/mol. The highest BCUT2D eigenvalue weighted by Crippen LogP contribution is 2.39. The molecule has 4 aromatic rings. The average Bonchev–Trinajstić information content (AvgIpc) is 3.62. The average molecular weight is 555 g/mol. The van der Waals surface area contributed by atoms with Crippen molar-refractivity contribution in [3.05, 3.63) is 77.3 Å². The number of likely N-dealkylation sites (tertiary alicyclic amines) is 1. The van der Waals surface area contributed by atoms with E-state index in [1.165, 1.54) is 25.9 Å². The van der Waals surface area contributed by atoms with Crippen molar-refractivity contribution in [2.45, 2.75) is 26.2 Å². The number of urea groups is 1. The van der Waals surface area contributed by atoms with Crippen molar-refractivity contribution in [1.29, 1.82) is 0 Å². The minimum Gasteiger partial charge on any atom is -0.383 e. The number of pyridine rings is 1. The molecule has 0 unspecified atom stereocenters. The Morgan fingerprint density at radius 3 is 2.62 bits per heavy atom. The largest absolute Gasteiger partial charge is 0.383 e. The number of nitrogens with one attached hydrogen (secondary N) is 3.